The van der Waals surface area contributed by atoms with E-state index in [1.807, 2.05) is 18.2 Å². The van der Waals surface area contributed by atoms with Gasteiger partial charge in [-0.1, -0.05) is 25.2 Å². The average Bonchev–Trinajstić information content (AvgIpc) is 3.22. The van der Waals surface area contributed by atoms with Gasteiger partial charge < -0.3 is 11.0 Å². The van der Waals surface area contributed by atoms with E-state index >= 15 is 0 Å². The molecular weight excluding hydrogens is 362 g/mol. The maximum Gasteiger partial charge on any atom is 4.00 e. The molecule has 0 N–H and O–H groups in total. The molecule has 10 radical (unpaired) electrons. The summed E-state index contributed by atoms with van der Waals surface area (Å²) >= 11 is 0. The van der Waals surface area contributed by atoms with E-state index in [0.29, 0.717) is 0 Å². The molecule has 0 spiro atoms. The summed E-state index contributed by atoms with van der Waals surface area (Å²) in [5, 5.41) is 3.98. The monoisotopic (exact) mass is 381 g/mol. The van der Waals surface area contributed by atoms with Gasteiger partial charge in [-0.2, -0.15) is 12.3 Å². The first-order valence-corrected chi connectivity index (χ1v) is 10.1. The minimum absolute atomic E-state index is 0. The Morgan fingerprint density at radius 1 is 0.909 bits per heavy atom. The van der Waals surface area contributed by atoms with Crippen LogP contribution in [-0.4, -0.2) is 8.07 Å². The third kappa shape index (κ3) is 5.57. The molecule has 0 saturated heterocycles. The van der Waals surface area contributed by atoms with Gasteiger partial charge in [0.15, 0.2) is 0 Å². The van der Waals surface area contributed by atoms with Crippen LogP contribution in [0.15, 0.2) is 36.2 Å². The first-order valence-electron chi connectivity index (χ1n) is 7.12. The Hall–Kier alpha value is -0.0100. The van der Waals surface area contributed by atoms with Crippen LogP contribution in [0.5, 0.6) is 0 Å². The van der Waals surface area contributed by atoms with Crippen LogP contribution in [0.1, 0.15) is 0 Å². The summed E-state index contributed by atoms with van der Waals surface area (Å²) in [5.74, 6) is 0. The van der Waals surface area contributed by atoms with Crippen LogP contribution in [0.2, 0.25) is 13.1 Å². The Bertz CT molecular complexity index is 382. The molecule has 2 saturated carbocycles. The molecule has 0 atom stereocenters. The van der Waals surface area contributed by atoms with Crippen molar-refractivity contribution in [3.05, 3.63) is 111 Å². The van der Waals surface area contributed by atoms with Crippen LogP contribution in [0.3, 0.4) is 0 Å². The fourth-order valence-electron chi connectivity index (χ4n) is 2.24. The second kappa shape index (κ2) is 9.98. The molecule has 2 aliphatic carbocycles. The molecule has 0 aromatic heterocycles. The summed E-state index contributed by atoms with van der Waals surface area (Å²) < 4.78 is 0. The van der Waals surface area contributed by atoms with Crippen LogP contribution in [-0.2, 0) is 26.2 Å². The molecule has 1 aliphatic heterocycles. The maximum absolute atomic E-state index is 3.98. The average molecular weight is 383 g/mol. The predicted molar refractivity (Wildman–Crippen MR) is 93.4 cm³/mol. The molecule has 2 fully saturated rings. The van der Waals surface area contributed by atoms with Crippen LogP contribution in [0.25, 0.3) is 5.32 Å². The van der Waals surface area contributed by atoms with Crippen molar-refractivity contribution in [2.45, 2.75) is 13.1 Å². The molecule has 22 heavy (non-hydrogen) atoms. The van der Waals surface area contributed by atoms with Gasteiger partial charge >= 0.3 is 26.2 Å². The molecule has 1 heterocycles. The van der Waals surface area contributed by atoms with Gasteiger partial charge in [0.1, 0.15) is 0 Å². The molecule has 1 nitrogen and oxygen atoms in total. The number of hydrogen-bond acceptors (Lipinski definition) is 0. The Morgan fingerprint density at radius 3 is 1.73 bits per heavy atom. The van der Waals surface area contributed by atoms with Gasteiger partial charge in [-0.3, -0.25) is 0 Å². The van der Waals surface area contributed by atoms with Crippen LogP contribution in [0.4, 0.5) is 0 Å². The van der Waals surface area contributed by atoms with Gasteiger partial charge in [-0.25, -0.2) is 13.0 Å². The van der Waals surface area contributed by atoms with E-state index in [4.69, 9.17) is 0 Å². The van der Waals surface area contributed by atoms with Crippen molar-refractivity contribution < 1.29 is 26.2 Å². The normalized spacial score (nSPS) is 23.8. The molecule has 0 aromatic rings. The van der Waals surface area contributed by atoms with Crippen LogP contribution >= 0.6 is 0 Å². The van der Waals surface area contributed by atoms with Gasteiger partial charge in [0.25, 0.3) is 0 Å². The predicted octanol–water partition coefficient (Wildman–Crippen LogP) is 4.74. The summed E-state index contributed by atoms with van der Waals surface area (Å²) in [7, 11) is -1.35. The van der Waals surface area contributed by atoms with Crippen molar-refractivity contribution in [1.82, 2.24) is 0 Å². The molecule has 0 unspecified atom stereocenters. The summed E-state index contributed by atoms with van der Waals surface area (Å²) in [6.07, 6.45) is 26.7. The van der Waals surface area contributed by atoms with E-state index in [1.54, 1.807) is 12.3 Å². The Morgan fingerprint density at radius 2 is 1.41 bits per heavy atom. The molecule has 3 rings (SSSR count). The van der Waals surface area contributed by atoms with E-state index in [2.05, 4.69) is 76.7 Å². The van der Waals surface area contributed by atoms with Crippen LogP contribution < -0.4 is 0 Å². The summed E-state index contributed by atoms with van der Waals surface area (Å²) in [6, 6.07) is 0. The Labute approximate surface area is 157 Å². The molecule has 108 valence electrons. The van der Waals surface area contributed by atoms with Crippen molar-refractivity contribution in [2.24, 2.45) is 0 Å². The largest absolute Gasteiger partial charge is 4.00 e. The van der Waals surface area contributed by atoms with Crippen molar-refractivity contribution in [3.63, 3.8) is 0 Å². The van der Waals surface area contributed by atoms with E-state index in [-0.39, 0.29) is 26.2 Å². The summed E-state index contributed by atoms with van der Waals surface area (Å²) in [6.45, 7) is 8.37. The van der Waals surface area contributed by atoms with Crippen molar-refractivity contribution in [1.29, 1.82) is 0 Å². The minimum atomic E-state index is -1.35. The second-order valence-electron chi connectivity index (χ2n) is 5.43. The van der Waals surface area contributed by atoms with Gasteiger partial charge in [-0.15, -0.1) is 0 Å². The number of nitrogens with zero attached hydrogens (tertiary/aromatic N) is 1. The molecule has 0 bridgehead atoms. The van der Waals surface area contributed by atoms with Gasteiger partial charge in [0.2, 0.25) is 0 Å². The second-order valence-corrected chi connectivity index (χ2v) is 9.84. The third-order valence-corrected chi connectivity index (χ3v) is 7.22. The van der Waals surface area contributed by atoms with Crippen molar-refractivity contribution in [2.75, 3.05) is 0 Å². The third-order valence-electron chi connectivity index (χ3n) is 3.67. The van der Waals surface area contributed by atoms with E-state index < -0.39 is 8.07 Å². The van der Waals surface area contributed by atoms with Crippen molar-refractivity contribution >= 4 is 8.07 Å². The minimum Gasteiger partial charge on any atom is -0.749 e. The first kappa shape index (κ1) is 20.0. The van der Waals surface area contributed by atoms with Gasteiger partial charge in [0, 0.05) is 0 Å². The fourth-order valence-corrected chi connectivity index (χ4v) is 4.63. The fraction of sp³-hybridized carbons (Fsp3) is 0.105. The van der Waals surface area contributed by atoms with E-state index in [1.165, 1.54) is 11.1 Å². The quantitative estimate of drug-likeness (QED) is 0.484. The first-order chi connectivity index (χ1) is 10.1. The van der Waals surface area contributed by atoms with Gasteiger partial charge in [0.05, 0.1) is 8.07 Å². The Kier molecular flexibility index (Phi) is 9.09. The van der Waals surface area contributed by atoms with E-state index in [0.717, 1.165) is 5.70 Å². The maximum atomic E-state index is 3.98. The van der Waals surface area contributed by atoms with Crippen molar-refractivity contribution in [3.8, 4) is 0 Å². The SMILES string of the molecule is C[Si](C)([C]1[CH][CH][CH][CH]1)[C]1[CH][CH][CH][CH]1.[CH2-]/C=C1/C=CC=C[N-]1.[Zr+4]. The number of hydrogen-bond donors (Lipinski definition) is 0. The zero-order valence-electron chi connectivity index (χ0n) is 13.2. The van der Waals surface area contributed by atoms with E-state index in [9.17, 15) is 0 Å². The molecule has 0 amide bonds. The summed E-state index contributed by atoms with van der Waals surface area (Å²) in [4.78, 5) is 0. The zero-order valence-corrected chi connectivity index (χ0v) is 16.6. The molecule has 3 aliphatic rings. The van der Waals surface area contributed by atoms with Crippen LogP contribution in [0, 0.1) is 69.4 Å². The molecule has 0 aromatic carbocycles. The Balaban J connectivity index is 0.000000234. The number of rotatable bonds is 2. The smallest absolute Gasteiger partial charge is 0.749 e. The topological polar surface area (TPSA) is 14.1 Å². The zero-order chi connectivity index (χ0) is 15.1. The summed E-state index contributed by atoms with van der Waals surface area (Å²) in [5.41, 5.74) is 3.98. The van der Waals surface area contributed by atoms with Gasteiger partial charge in [-0.05, 0) is 62.4 Å². The molecule has 3 heteroatoms. The standard InChI is InChI=1S/C12H14Si.C7H7N.Zr/c1-13(2,11-7-3-4-8-11)12-9-5-6-10-12;1-2-7-5-3-4-6-8-7;/h3-10H,1-2H3;2-6H,1H2;/q;-2;+4/b;7-2-;. The molecular formula is C19H21NSiZr+2. The number of allylic oxidation sites excluding steroid dienone is 4.